The quantitative estimate of drug-likeness (QED) is 0.749. The number of hydrogen-bond donors (Lipinski definition) is 0. The second-order valence-electron chi connectivity index (χ2n) is 8.44. The summed E-state index contributed by atoms with van der Waals surface area (Å²) in [4.78, 5) is 29.0. The fourth-order valence-corrected chi connectivity index (χ4v) is 4.81. The average Bonchev–Trinajstić information content (AvgIpc) is 2.66. The molecule has 0 spiro atoms. The lowest BCUT2D eigenvalue weighted by Gasteiger charge is -2.39. The van der Waals surface area contributed by atoms with Crippen LogP contribution in [0.3, 0.4) is 0 Å². The molecular formula is C18H32N2O2. The Morgan fingerprint density at radius 3 is 2.23 bits per heavy atom. The molecule has 0 aromatic rings. The lowest BCUT2D eigenvalue weighted by Crippen LogP contribution is -2.48. The van der Waals surface area contributed by atoms with Crippen LogP contribution in [0.25, 0.3) is 0 Å². The van der Waals surface area contributed by atoms with E-state index in [-0.39, 0.29) is 28.7 Å². The van der Waals surface area contributed by atoms with Crippen LogP contribution in [0, 0.1) is 10.8 Å². The third-order valence-corrected chi connectivity index (χ3v) is 5.13. The van der Waals surface area contributed by atoms with Gasteiger partial charge >= 0.3 is 11.8 Å². The van der Waals surface area contributed by atoms with Crippen LogP contribution in [0.2, 0.25) is 0 Å². The van der Waals surface area contributed by atoms with E-state index in [1.165, 1.54) is 0 Å². The lowest BCUT2D eigenvalue weighted by atomic mass is 9.65. The van der Waals surface area contributed by atoms with Gasteiger partial charge in [0.25, 0.3) is 0 Å². The fourth-order valence-electron chi connectivity index (χ4n) is 4.81. The van der Waals surface area contributed by atoms with Gasteiger partial charge < -0.3 is 9.80 Å². The van der Waals surface area contributed by atoms with Gasteiger partial charge in [-0.15, -0.1) is 0 Å². The molecule has 1 aliphatic carbocycles. The topological polar surface area (TPSA) is 40.6 Å². The highest BCUT2D eigenvalue weighted by Gasteiger charge is 2.52. The van der Waals surface area contributed by atoms with Crippen LogP contribution < -0.4 is 0 Å². The van der Waals surface area contributed by atoms with Crippen molar-refractivity contribution in [3.05, 3.63) is 0 Å². The molecule has 4 nitrogen and oxygen atoms in total. The molecular weight excluding hydrogens is 276 g/mol. The van der Waals surface area contributed by atoms with Gasteiger partial charge in [-0.2, -0.15) is 0 Å². The second kappa shape index (κ2) is 6.21. The lowest BCUT2D eigenvalue weighted by molar-refractivity contribution is -0.152. The number of fused-ring (bicyclic) bond motifs is 2. The Morgan fingerprint density at radius 2 is 1.68 bits per heavy atom. The highest BCUT2D eigenvalue weighted by atomic mass is 16.2. The second-order valence-corrected chi connectivity index (χ2v) is 8.44. The first-order valence-corrected chi connectivity index (χ1v) is 8.81. The van der Waals surface area contributed by atoms with Gasteiger partial charge in [0.15, 0.2) is 0 Å². The summed E-state index contributed by atoms with van der Waals surface area (Å²) in [7, 11) is 0. The molecule has 2 aliphatic rings. The van der Waals surface area contributed by atoms with E-state index in [1.807, 2.05) is 18.7 Å². The molecule has 0 aromatic heterocycles. The Morgan fingerprint density at radius 1 is 1.09 bits per heavy atom. The molecule has 126 valence electrons. The van der Waals surface area contributed by atoms with Crippen LogP contribution >= 0.6 is 0 Å². The molecule has 2 bridgehead atoms. The number of carbonyl (C=O) groups is 2. The standard InChI is InChI=1S/C18H32N2O2/c1-6-8-19(9-7-2)15(21)16(22)20-13-18(5)11-14(20)10-17(3,4)12-18/h14H,6-13H2,1-5H3. The van der Waals surface area contributed by atoms with Crippen molar-refractivity contribution in [3.8, 4) is 0 Å². The number of carbonyl (C=O) groups excluding carboxylic acids is 2. The van der Waals surface area contributed by atoms with E-state index in [2.05, 4.69) is 20.8 Å². The first-order chi connectivity index (χ1) is 10.2. The summed E-state index contributed by atoms with van der Waals surface area (Å²) >= 11 is 0. The highest BCUT2D eigenvalue weighted by molar-refractivity contribution is 6.35. The Bertz CT molecular complexity index is 440. The average molecular weight is 308 g/mol. The maximum absolute atomic E-state index is 12.8. The molecule has 2 atom stereocenters. The van der Waals surface area contributed by atoms with Crippen molar-refractivity contribution >= 4 is 11.8 Å². The summed E-state index contributed by atoms with van der Waals surface area (Å²) in [5.74, 6) is -0.564. The molecule has 22 heavy (non-hydrogen) atoms. The molecule has 1 heterocycles. The van der Waals surface area contributed by atoms with Gasteiger partial charge in [-0.05, 0) is 42.9 Å². The van der Waals surface area contributed by atoms with E-state index in [0.717, 1.165) is 38.6 Å². The summed E-state index contributed by atoms with van der Waals surface area (Å²) in [6.45, 7) is 13.0. The molecule has 2 rings (SSSR count). The van der Waals surface area contributed by atoms with Crippen LogP contribution in [-0.2, 0) is 9.59 Å². The molecule has 2 amide bonds. The summed E-state index contributed by atoms with van der Waals surface area (Å²) in [5, 5.41) is 0. The molecule has 0 aromatic carbocycles. The number of hydrogen-bond acceptors (Lipinski definition) is 2. The summed E-state index contributed by atoms with van der Waals surface area (Å²) in [5.41, 5.74) is 0.449. The van der Waals surface area contributed by atoms with Crippen molar-refractivity contribution in [1.29, 1.82) is 0 Å². The van der Waals surface area contributed by atoms with Gasteiger partial charge in [-0.1, -0.05) is 34.6 Å². The Labute approximate surface area is 135 Å². The van der Waals surface area contributed by atoms with E-state index < -0.39 is 0 Å². The smallest absolute Gasteiger partial charge is 0.312 e. The predicted octanol–water partition coefficient (Wildman–Crippen LogP) is 3.06. The number of rotatable bonds is 4. The minimum Gasteiger partial charge on any atom is -0.334 e. The van der Waals surface area contributed by atoms with Crippen molar-refractivity contribution in [2.75, 3.05) is 19.6 Å². The first kappa shape index (κ1) is 17.3. The maximum Gasteiger partial charge on any atom is 0.312 e. The maximum atomic E-state index is 12.8. The molecule has 1 saturated heterocycles. The highest BCUT2D eigenvalue weighted by Crippen LogP contribution is 2.52. The Kier molecular flexibility index (Phi) is 4.88. The minimum absolute atomic E-state index is 0.183. The van der Waals surface area contributed by atoms with Crippen LogP contribution in [0.4, 0.5) is 0 Å². The molecule has 0 radical (unpaired) electrons. The van der Waals surface area contributed by atoms with Gasteiger partial charge in [0.2, 0.25) is 0 Å². The van der Waals surface area contributed by atoms with Crippen molar-refractivity contribution in [2.24, 2.45) is 10.8 Å². The van der Waals surface area contributed by atoms with Gasteiger partial charge in [0, 0.05) is 25.7 Å². The molecule has 2 unspecified atom stereocenters. The predicted molar refractivity (Wildman–Crippen MR) is 88.4 cm³/mol. The third kappa shape index (κ3) is 3.47. The molecule has 1 aliphatic heterocycles. The van der Waals surface area contributed by atoms with Crippen LogP contribution in [-0.4, -0.2) is 47.3 Å². The van der Waals surface area contributed by atoms with Gasteiger partial charge in [0.05, 0.1) is 0 Å². The van der Waals surface area contributed by atoms with Crippen molar-refractivity contribution in [1.82, 2.24) is 9.80 Å². The van der Waals surface area contributed by atoms with Crippen molar-refractivity contribution < 1.29 is 9.59 Å². The molecule has 4 heteroatoms. The van der Waals surface area contributed by atoms with Crippen LogP contribution in [0.15, 0.2) is 0 Å². The van der Waals surface area contributed by atoms with E-state index in [9.17, 15) is 9.59 Å². The van der Waals surface area contributed by atoms with Gasteiger partial charge in [0.1, 0.15) is 0 Å². The van der Waals surface area contributed by atoms with E-state index in [1.54, 1.807) is 4.90 Å². The normalized spacial score (nSPS) is 29.5. The first-order valence-electron chi connectivity index (χ1n) is 8.81. The van der Waals surface area contributed by atoms with E-state index >= 15 is 0 Å². The molecule has 0 N–H and O–H groups in total. The van der Waals surface area contributed by atoms with Crippen LogP contribution in [0.1, 0.15) is 66.7 Å². The summed E-state index contributed by atoms with van der Waals surface area (Å²) in [6.07, 6.45) is 5.00. The minimum atomic E-state index is -0.294. The Hall–Kier alpha value is -1.06. The largest absolute Gasteiger partial charge is 0.334 e. The molecule has 1 saturated carbocycles. The SMILES string of the molecule is CCCN(CCC)C(=O)C(=O)N1CC2(C)CC1CC(C)(C)C2. The van der Waals surface area contributed by atoms with Gasteiger partial charge in [-0.25, -0.2) is 0 Å². The Balaban J connectivity index is 2.11. The number of nitrogens with zero attached hydrogens (tertiary/aromatic N) is 2. The van der Waals surface area contributed by atoms with Crippen molar-refractivity contribution in [2.45, 2.75) is 72.8 Å². The van der Waals surface area contributed by atoms with E-state index in [4.69, 9.17) is 0 Å². The van der Waals surface area contributed by atoms with E-state index in [0.29, 0.717) is 13.1 Å². The zero-order chi connectivity index (χ0) is 16.5. The third-order valence-electron chi connectivity index (χ3n) is 5.13. The van der Waals surface area contributed by atoms with Gasteiger partial charge in [-0.3, -0.25) is 9.59 Å². The number of amides is 2. The summed E-state index contributed by atoms with van der Waals surface area (Å²) < 4.78 is 0. The summed E-state index contributed by atoms with van der Waals surface area (Å²) in [6, 6.07) is 0.246. The zero-order valence-corrected chi connectivity index (χ0v) is 14.9. The number of likely N-dealkylation sites (tertiary alicyclic amines) is 1. The molecule has 2 fully saturated rings. The van der Waals surface area contributed by atoms with Crippen molar-refractivity contribution in [3.63, 3.8) is 0 Å². The van der Waals surface area contributed by atoms with Crippen LogP contribution in [0.5, 0.6) is 0 Å². The zero-order valence-electron chi connectivity index (χ0n) is 14.9. The fraction of sp³-hybridized carbons (Fsp3) is 0.889. The monoisotopic (exact) mass is 308 g/mol.